The second-order valence-electron chi connectivity index (χ2n) is 5.07. The van der Waals surface area contributed by atoms with Crippen LogP contribution in [0.5, 0.6) is 0 Å². The van der Waals surface area contributed by atoms with Crippen LogP contribution in [0.2, 0.25) is 0 Å². The number of rotatable bonds is 7. The Bertz CT molecular complexity index is 272. The molecule has 0 aliphatic heterocycles. The molecule has 0 bridgehead atoms. The molecule has 0 radical (unpaired) electrons. The summed E-state index contributed by atoms with van der Waals surface area (Å²) >= 11 is 0. The van der Waals surface area contributed by atoms with Gasteiger partial charge in [-0.05, 0) is 31.2 Å². The van der Waals surface area contributed by atoms with Crippen molar-refractivity contribution in [1.82, 2.24) is 5.32 Å². The van der Waals surface area contributed by atoms with Crippen molar-refractivity contribution in [3.05, 3.63) is 0 Å². The molecule has 0 spiro atoms. The van der Waals surface area contributed by atoms with Crippen molar-refractivity contribution in [3.63, 3.8) is 0 Å². The van der Waals surface area contributed by atoms with Crippen LogP contribution in [-0.2, 0) is 9.84 Å². The van der Waals surface area contributed by atoms with Gasteiger partial charge in [-0.25, -0.2) is 8.42 Å². The van der Waals surface area contributed by atoms with Crippen molar-refractivity contribution in [2.45, 2.75) is 33.6 Å². The molecule has 1 atom stereocenters. The first kappa shape index (κ1) is 14.9. The molecule has 0 aliphatic rings. The normalized spacial score (nSPS) is 16.7. The Morgan fingerprint density at radius 1 is 1.33 bits per heavy atom. The molecule has 0 aromatic rings. The Kier molecular flexibility index (Phi) is 5.81. The zero-order chi connectivity index (χ0) is 12.1. The van der Waals surface area contributed by atoms with E-state index in [1.807, 2.05) is 7.05 Å². The van der Waals surface area contributed by atoms with E-state index in [0.717, 1.165) is 19.4 Å². The van der Waals surface area contributed by atoms with Gasteiger partial charge in [0.15, 0.2) is 0 Å². The summed E-state index contributed by atoms with van der Waals surface area (Å²) in [7, 11) is -0.866. The van der Waals surface area contributed by atoms with Crippen LogP contribution in [0.25, 0.3) is 0 Å². The third-order valence-corrected chi connectivity index (χ3v) is 4.27. The lowest BCUT2D eigenvalue weighted by molar-refractivity contribution is 0.194. The molecule has 0 aromatic carbocycles. The minimum Gasteiger partial charge on any atom is -0.319 e. The van der Waals surface area contributed by atoms with E-state index in [-0.39, 0.29) is 5.41 Å². The van der Waals surface area contributed by atoms with Crippen molar-refractivity contribution in [3.8, 4) is 0 Å². The van der Waals surface area contributed by atoms with E-state index in [9.17, 15) is 8.42 Å². The summed E-state index contributed by atoms with van der Waals surface area (Å²) in [5.74, 6) is 0.864. The third-order valence-electron chi connectivity index (χ3n) is 3.24. The Morgan fingerprint density at radius 2 is 1.87 bits per heavy atom. The van der Waals surface area contributed by atoms with Crippen LogP contribution >= 0.6 is 0 Å². The van der Waals surface area contributed by atoms with Crippen LogP contribution in [-0.4, -0.2) is 34.0 Å². The Hall–Kier alpha value is -0.0900. The minimum atomic E-state index is -2.81. The Labute approximate surface area is 94.6 Å². The average Bonchev–Trinajstić information content (AvgIpc) is 2.01. The van der Waals surface area contributed by atoms with Crippen LogP contribution in [0.4, 0.5) is 0 Å². The Morgan fingerprint density at radius 3 is 2.20 bits per heavy atom. The molecule has 0 saturated heterocycles. The van der Waals surface area contributed by atoms with Crippen molar-refractivity contribution in [2.24, 2.45) is 11.3 Å². The van der Waals surface area contributed by atoms with E-state index in [0.29, 0.717) is 11.7 Å². The molecule has 1 unspecified atom stereocenters. The van der Waals surface area contributed by atoms with Gasteiger partial charge in [0.05, 0.1) is 0 Å². The fraction of sp³-hybridized carbons (Fsp3) is 1.00. The quantitative estimate of drug-likeness (QED) is 0.730. The topological polar surface area (TPSA) is 46.2 Å². The van der Waals surface area contributed by atoms with E-state index >= 15 is 0 Å². The van der Waals surface area contributed by atoms with Gasteiger partial charge in [-0.2, -0.15) is 0 Å². The maximum Gasteiger partial charge on any atom is 0.147 e. The van der Waals surface area contributed by atoms with Gasteiger partial charge in [0, 0.05) is 18.6 Å². The van der Waals surface area contributed by atoms with Gasteiger partial charge in [-0.15, -0.1) is 0 Å². The van der Waals surface area contributed by atoms with E-state index in [2.05, 4.69) is 26.1 Å². The molecule has 92 valence electrons. The van der Waals surface area contributed by atoms with Gasteiger partial charge >= 0.3 is 0 Å². The first-order valence-electron chi connectivity index (χ1n) is 5.53. The van der Waals surface area contributed by atoms with Gasteiger partial charge < -0.3 is 5.32 Å². The lowest BCUT2D eigenvalue weighted by atomic mass is 9.75. The summed E-state index contributed by atoms with van der Waals surface area (Å²) in [5.41, 5.74) is 0.194. The summed E-state index contributed by atoms with van der Waals surface area (Å²) in [5, 5.41) is 3.19. The standard InChI is InChI=1S/C11H25NO2S/c1-10(2)11(3,9-12-4)7-6-8-15(5,13)14/h10,12H,6-9H2,1-5H3. The van der Waals surface area contributed by atoms with Crippen molar-refractivity contribution < 1.29 is 8.42 Å². The molecule has 0 heterocycles. The largest absolute Gasteiger partial charge is 0.319 e. The van der Waals surface area contributed by atoms with Gasteiger partial charge in [0.2, 0.25) is 0 Å². The van der Waals surface area contributed by atoms with E-state index in [4.69, 9.17) is 0 Å². The average molecular weight is 235 g/mol. The molecule has 0 aliphatic carbocycles. The van der Waals surface area contributed by atoms with Crippen LogP contribution in [0.1, 0.15) is 33.6 Å². The zero-order valence-corrected chi connectivity index (χ0v) is 11.4. The van der Waals surface area contributed by atoms with Crippen LogP contribution < -0.4 is 5.32 Å². The fourth-order valence-electron chi connectivity index (χ4n) is 1.72. The van der Waals surface area contributed by atoms with Gasteiger partial charge in [0.25, 0.3) is 0 Å². The smallest absolute Gasteiger partial charge is 0.147 e. The first-order valence-corrected chi connectivity index (χ1v) is 7.59. The fourth-order valence-corrected chi connectivity index (χ4v) is 2.39. The number of sulfone groups is 1. The molecule has 0 saturated carbocycles. The summed E-state index contributed by atoms with van der Waals surface area (Å²) in [6.45, 7) is 7.54. The van der Waals surface area contributed by atoms with Crippen molar-refractivity contribution in [2.75, 3.05) is 25.6 Å². The molecule has 1 N–H and O–H groups in total. The Balaban J connectivity index is 4.20. The molecule has 0 aromatic heterocycles. The monoisotopic (exact) mass is 235 g/mol. The number of hydrogen-bond donors (Lipinski definition) is 1. The highest BCUT2D eigenvalue weighted by Crippen LogP contribution is 2.31. The highest BCUT2D eigenvalue weighted by Gasteiger charge is 2.27. The van der Waals surface area contributed by atoms with Crippen molar-refractivity contribution >= 4 is 9.84 Å². The summed E-state index contributed by atoms with van der Waals surface area (Å²) in [4.78, 5) is 0. The maximum atomic E-state index is 11.0. The molecule has 15 heavy (non-hydrogen) atoms. The molecule has 4 heteroatoms. The SMILES string of the molecule is CNCC(C)(CCCS(C)(=O)=O)C(C)C. The summed E-state index contributed by atoms with van der Waals surface area (Å²) < 4.78 is 22.1. The van der Waals surface area contributed by atoms with E-state index < -0.39 is 9.84 Å². The summed E-state index contributed by atoms with van der Waals surface area (Å²) in [6.07, 6.45) is 3.02. The predicted octanol–water partition coefficient (Wildman–Crippen LogP) is 1.69. The van der Waals surface area contributed by atoms with Gasteiger partial charge in [0.1, 0.15) is 9.84 Å². The van der Waals surface area contributed by atoms with Gasteiger partial charge in [-0.1, -0.05) is 20.8 Å². The lowest BCUT2D eigenvalue weighted by Gasteiger charge is -2.33. The summed E-state index contributed by atoms with van der Waals surface area (Å²) in [6, 6.07) is 0. The molecule has 0 fully saturated rings. The molecular formula is C11H25NO2S. The number of nitrogens with one attached hydrogen (secondary N) is 1. The maximum absolute atomic E-state index is 11.0. The minimum absolute atomic E-state index is 0.194. The molecular weight excluding hydrogens is 210 g/mol. The van der Waals surface area contributed by atoms with Crippen LogP contribution in [0.3, 0.4) is 0 Å². The second kappa shape index (κ2) is 5.85. The number of hydrogen-bond acceptors (Lipinski definition) is 3. The highest BCUT2D eigenvalue weighted by molar-refractivity contribution is 7.90. The van der Waals surface area contributed by atoms with Gasteiger partial charge in [-0.3, -0.25) is 0 Å². The molecule has 3 nitrogen and oxygen atoms in total. The van der Waals surface area contributed by atoms with Crippen molar-refractivity contribution in [1.29, 1.82) is 0 Å². The van der Waals surface area contributed by atoms with Crippen LogP contribution in [0.15, 0.2) is 0 Å². The zero-order valence-electron chi connectivity index (χ0n) is 10.6. The van der Waals surface area contributed by atoms with Crippen LogP contribution in [0, 0.1) is 11.3 Å². The predicted molar refractivity (Wildman–Crippen MR) is 65.8 cm³/mol. The first-order chi connectivity index (χ1) is 6.71. The molecule has 0 rings (SSSR count). The second-order valence-corrected chi connectivity index (χ2v) is 7.33. The third kappa shape index (κ3) is 6.15. The molecule has 0 amide bonds. The van der Waals surface area contributed by atoms with E-state index in [1.54, 1.807) is 0 Å². The van der Waals surface area contributed by atoms with E-state index in [1.165, 1.54) is 6.26 Å². The highest BCUT2D eigenvalue weighted by atomic mass is 32.2. The lowest BCUT2D eigenvalue weighted by Crippen LogP contribution is -2.34.